The normalized spacial score (nSPS) is 16.6. The summed E-state index contributed by atoms with van der Waals surface area (Å²) in [7, 11) is 3.95. The molecule has 1 aromatic heterocycles. The van der Waals surface area contributed by atoms with E-state index < -0.39 is 0 Å². The molecule has 1 aromatic rings. The number of rotatable bonds is 6. The summed E-state index contributed by atoms with van der Waals surface area (Å²) in [4.78, 5) is 17.9. The topological polar surface area (TPSA) is 45.2 Å². The molecule has 0 unspecified atom stereocenters. The fourth-order valence-corrected chi connectivity index (χ4v) is 2.08. The van der Waals surface area contributed by atoms with Gasteiger partial charge in [0.25, 0.3) is 0 Å². The molecule has 1 aliphatic rings. The van der Waals surface area contributed by atoms with Gasteiger partial charge in [-0.1, -0.05) is 6.07 Å². The highest BCUT2D eigenvalue weighted by atomic mass is 16.1. The van der Waals surface area contributed by atoms with Crippen LogP contribution in [0.2, 0.25) is 0 Å². The van der Waals surface area contributed by atoms with Crippen LogP contribution < -0.4 is 5.32 Å². The van der Waals surface area contributed by atoms with Crippen LogP contribution in [0.5, 0.6) is 0 Å². The van der Waals surface area contributed by atoms with Gasteiger partial charge < -0.3 is 10.2 Å². The Bertz CT molecular complexity index is 399. The summed E-state index contributed by atoms with van der Waals surface area (Å²) in [6.45, 7) is 1.54. The first-order valence-corrected chi connectivity index (χ1v) is 6.44. The van der Waals surface area contributed by atoms with E-state index in [1.165, 1.54) is 5.56 Å². The molecule has 0 atom stereocenters. The van der Waals surface area contributed by atoms with Crippen molar-refractivity contribution in [1.82, 2.24) is 15.2 Å². The molecular formula is C14H21N3O. The maximum absolute atomic E-state index is 11.7. The van der Waals surface area contributed by atoms with Gasteiger partial charge in [-0.25, -0.2) is 0 Å². The fourth-order valence-electron chi connectivity index (χ4n) is 2.08. The zero-order valence-corrected chi connectivity index (χ0v) is 11.1. The standard InChI is InChI=1S/C14H21N3O/c1-17(2)9-5-13(18)16-11-14(6-7-14)12-4-3-8-15-10-12/h3-4,8,10H,5-7,9,11H2,1-2H3,(H,16,18). The van der Waals surface area contributed by atoms with Gasteiger partial charge in [-0.3, -0.25) is 9.78 Å². The average Bonchev–Trinajstić information content (AvgIpc) is 3.16. The third kappa shape index (κ3) is 3.29. The van der Waals surface area contributed by atoms with E-state index >= 15 is 0 Å². The number of nitrogens with one attached hydrogen (secondary N) is 1. The van der Waals surface area contributed by atoms with Gasteiger partial charge in [-0.05, 0) is 38.6 Å². The first-order valence-electron chi connectivity index (χ1n) is 6.44. The highest BCUT2D eigenvalue weighted by molar-refractivity contribution is 5.76. The van der Waals surface area contributed by atoms with Crippen molar-refractivity contribution < 1.29 is 4.79 Å². The van der Waals surface area contributed by atoms with Gasteiger partial charge in [-0.2, -0.15) is 0 Å². The van der Waals surface area contributed by atoms with Crippen molar-refractivity contribution in [1.29, 1.82) is 0 Å². The van der Waals surface area contributed by atoms with E-state index in [1.54, 1.807) is 6.20 Å². The van der Waals surface area contributed by atoms with E-state index in [1.807, 2.05) is 31.3 Å². The first kappa shape index (κ1) is 13.0. The van der Waals surface area contributed by atoms with Crippen LogP contribution in [0.4, 0.5) is 0 Å². The van der Waals surface area contributed by atoms with E-state index in [0.717, 1.165) is 25.9 Å². The average molecular weight is 247 g/mol. The molecule has 0 radical (unpaired) electrons. The van der Waals surface area contributed by atoms with E-state index in [2.05, 4.69) is 16.4 Å². The summed E-state index contributed by atoms with van der Waals surface area (Å²) in [5.41, 5.74) is 1.40. The summed E-state index contributed by atoms with van der Waals surface area (Å²) < 4.78 is 0. The maximum Gasteiger partial charge on any atom is 0.221 e. The van der Waals surface area contributed by atoms with E-state index in [9.17, 15) is 4.79 Å². The van der Waals surface area contributed by atoms with Gasteiger partial charge in [0.15, 0.2) is 0 Å². The molecule has 1 heterocycles. The Morgan fingerprint density at radius 2 is 2.28 bits per heavy atom. The minimum Gasteiger partial charge on any atom is -0.355 e. The molecule has 2 rings (SSSR count). The summed E-state index contributed by atoms with van der Waals surface area (Å²) in [6.07, 6.45) is 6.56. The second-order valence-corrected chi connectivity index (χ2v) is 5.35. The number of amides is 1. The van der Waals surface area contributed by atoms with Crippen molar-refractivity contribution in [3.63, 3.8) is 0 Å². The van der Waals surface area contributed by atoms with Crippen molar-refractivity contribution in [3.05, 3.63) is 30.1 Å². The lowest BCUT2D eigenvalue weighted by Gasteiger charge is -2.16. The summed E-state index contributed by atoms with van der Waals surface area (Å²) >= 11 is 0. The Morgan fingerprint density at radius 3 is 2.83 bits per heavy atom. The molecule has 4 nitrogen and oxygen atoms in total. The molecule has 1 fully saturated rings. The third-order valence-electron chi connectivity index (χ3n) is 3.54. The SMILES string of the molecule is CN(C)CCC(=O)NCC1(c2cccnc2)CC1. The van der Waals surface area contributed by atoms with Crippen molar-refractivity contribution in [2.24, 2.45) is 0 Å². The number of carbonyl (C=O) groups is 1. The Labute approximate surface area is 108 Å². The van der Waals surface area contributed by atoms with Crippen LogP contribution in [0.3, 0.4) is 0 Å². The molecule has 98 valence electrons. The Balaban J connectivity index is 1.82. The van der Waals surface area contributed by atoms with Crippen LogP contribution in [0.1, 0.15) is 24.8 Å². The minimum atomic E-state index is 0.138. The second-order valence-electron chi connectivity index (χ2n) is 5.35. The highest BCUT2D eigenvalue weighted by Crippen LogP contribution is 2.47. The molecule has 0 aromatic carbocycles. The summed E-state index contributed by atoms with van der Waals surface area (Å²) in [6, 6.07) is 4.06. The molecule has 0 spiro atoms. The lowest BCUT2D eigenvalue weighted by Crippen LogP contribution is -2.33. The third-order valence-corrected chi connectivity index (χ3v) is 3.54. The van der Waals surface area contributed by atoms with Crippen LogP contribution in [0.25, 0.3) is 0 Å². The second kappa shape index (κ2) is 5.48. The molecule has 0 bridgehead atoms. The molecule has 1 amide bonds. The van der Waals surface area contributed by atoms with Crippen molar-refractivity contribution >= 4 is 5.91 Å². The van der Waals surface area contributed by atoms with Crippen LogP contribution >= 0.6 is 0 Å². The van der Waals surface area contributed by atoms with Gasteiger partial charge in [0.05, 0.1) is 0 Å². The number of aromatic nitrogens is 1. The lowest BCUT2D eigenvalue weighted by atomic mass is 9.98. The van der Waals surface area contributed by atoms with Crippen LogP contribution in [-0.4, -0.2) is 43.0 Å². The molecule has 0 saturated heterocycles. The summed E-state index contributed by atoms with van der Waals surface area (Å²) in [5.74, 6) is 0.138. The number of pyridine rings is 1. The lowest BCUT2D eigenvalue weighted by molar-refractivity contribution is -0.121. The van der Waals surface area contributed by atoms with Gasteiger partial charge >= 0.3 is 0 Å². The van der Waals surface area contributed by atoms with E-state index in [0.29, 0.717) is 6.42 Å². The Morgan fingerprint density at radius 1 is 1.50 bits per heavy atom. The van der Waals surface area contributed by atoms with Crippen molar-refractivity contribution in [3.8, 4) is 0 Å². The quantitative estimate of drug-likeness (QED) is 0.821. The van der Waals surface area contributed by atoms with Crippen LogP contribution in [0.15, 0.2) is 24.5 Å². The van der Waals surface area contributed by atoms with Gasteiger partial charge in [0.1, 0.15) is 0 Å². The molecular weight excluding hydrogens is 226 g/mol. The zero-order valence-electron chi connectivity index (χ0n) is 11.1. The number of carbonyl (C=O) groups excluding carboxylic acids is 1. The smallest absolute Gasteiger partial charge is 0.221 e. The fraction of sp³-hybridized carbons (Fsp3) is 0.571. The Kier molecular flexibility index (Phi) is 3.97. The number of hydrogen-bond donors (Lipinski definition) is 1. The minimum absolute atomic E-state index is 0.138. The number of hydrogen-bond acceptors (Lipinski definition) is 3. The van der Waals surface area contributed by atoms with Crippen molar-refractivity contribution in [2.45, 2.75) is 24.7 Å². The monoisotopic (exact) mass is 247 g/mol. The first-order chi connectivity index (χ1) is 8.62. The van der Waals surface area contributed by atoms with E-state index in [4.69, 9.17) is 0 Å². The largest absolute Gasteiger partial charge is 0.355 e. The molecule has 18 heavy (non-hydrogen) atoms. The number of nitrogens with zero attached hydrogens (tertiary/aromatic N) is 2. The maximum atomic E-state index is 11.7. The summed E-state index contributed by atoms with van der Waals surface area (Å²) in [5, 5.41) is 3.05. The molecule has 0 aliphatic heterocycles. The Hall–Kier alpha value is -1.42. The molecule has 4 heteroatoms. The van der Waals surface area contributed by atoms with Crippen LogP contribution in [0, 0.1) is 0 Å². The predicted molar refractivity (Wildman–Crippen MR) is 71.3 cm³/mol. The molecule has 1 aliphatic carbocycles. The van der Waals surface area contributed by atoms with Gasteiger partial charge in [0.2, 0.25) is 5.91 Å². The van der Waals surface area contributed by atoms with Gasteiger partial charge in [-0.15, -0.1) is 0 Å². The molecule has 1 saturated carbocycles. The highest BCUT2D eigenvalue weighted by Gasteiger charge is 2.44. The predicted octanol–water partition coefficient (Wildman–Crippen LogP) is 1.18. The van der Waals surface area contributed by atoms with Crippen LogP contribution in [-0.2, 0) is 10.2 Å². The van der Waals surface area contributed by atoms with Gasteiger partial charge in [0, 0.05) is 37.3 Å². The molecule has 1 N–H and O–H groups in total. The van der Waals surface area contributed by atoms with Crippen molar-refractivity contribution in [2.75, 3.05) is 27.2 Å². The zero-order chi connectivity index (χ0) is 13.0. The van der Waals surface area contributed by atoms with E-state index in [-0.39, 0.29) is 11.3 Å².